The average molecular weight is 755 g/mol. The van der Waals surface area contributed by atoms with E-state index in [9.17, 15) is 24.6 Å². The molecule has 0 aromatic heterocycles. The molecule has 12 heteroatoms. The van der Waals surface area contributed by atoms with E-state index in [1.165, 1.54) is 31.4 Å². The van der Waals surface area contributed by atoms with E-state index >= 15 is 4.39 Å². The molecule has 1 amide bonds. The van der Waals surface area contributed by atoms with Crippen LogP contribution in [0.1, 0.15) is 87.2 Å². The minimum atomic E-state index is -1.13. The number of halogens is 3. The summed E-state index contributed by atoms with van der Waals surface area (Å²) in [6.45, 7) is 9.03. The third-order valence-corrected chi connectivity index (χ3v) is 12.0. The number of rotatable bonds is 9. The summed E-state index contributed by atoms with van der Waals surface area (Å²) >= 11 is 13.2. The molecule has 1 aliphatic carbocycles. The largest absolute Gasteiger partial charge is 0.495 e. The van der Waals surface area contributed by atoms with E-state index in [1.807, 2.05) is 18.2 Å². The van der Waals surface area contributed by atoms with Crippen LogP contribution in [0, 0.1) is 23.1 Å². The van der Waals surface area contributed by atoms with Gasteiger partial charge in [0.05, 0.1) is 35.3 Å². The second kappa shape index (κ2) is 14.5. The number of aliphatic carboxylic acids is 1. The average Bonchev–Trinajstić information content (AvgIpc) is 3.59. The van der Waals surface area contributed by atoms with Gasteiger partial charge in [0.2, 0.25) is 5.91 Å². The van der Waals surface area contributed by atoms with Crippen molar-refractivity contribution in [2.45, 2.75) is 89.3 Å². The minimum absolute atomic E-state index is 0.00336. The molecular formula is C40H46Cl2FN3O6. The molecule has 0 radical (unpaired) electrons. The fourth-order valence-corrected chi connectivity index (χ4v) is 9.38. The molecule has 5 atom stereocenters. The Morgan fingerprint density at radius 1 is 1.06 bits per heavy atom. The molecule has 278 valence electrons. The lowest BCUT2D eigenvalue weighted by atomic mass is 9.63. The Morgan fingerprint density at radius 2 is 1.77 bits per heavy atom. The fraction of sp³-hybridized carbons (Fsp3) is 0.475. The molecule has 3 aromatic carbocycles. The molecule has 9 nitrogen and oxygen atoms in total. The van der Waals surface area contributed by atoms with E-state index in [4.69, 9.17) is 27.9 Å². The van der Waals surface area contributed by atoms with Crippen LogP contribution in [0.15, 0.2) is 54.6 Å². The predicted molar refractivity (Wildman–Crippen MR) is 201 cm³/mol. The van der Waals surface area contributed by atoms with E-state index in [0.29, 0.717) is 36.4 Å². The van der Waals surface area contributed by atoms with Gasteiger partial charge in [-0.2, -0.15) is 0 Å². The molecule has 3 aromatic rings. The smallest absolute Gasteiger partial charge is 0.335 e. The summed E-state index contributed by atoms with van der Waals surface area (Å²) in [5.74, 6) is -3.62. The standard InChI is InChI=1S/C40H46Cl2FN3O6/c1-21(22-9-11-23(12-10-22)37(48)49)46-20-40(27-15-14-25(41)18-30(27)46)32(19-39(2,3)4)45-35(33(40)26-7-6-8-28(42)34(26)43)36(47)44-29-16-13-24(38(50)51)17-31(29)52-5/h6-8,13-18,21-23,32-33,35,45H,9-12,19-20H2,1-5H3,(H,44,47)(H,48,49)(H,50,51)/t21-,22?,23?,32?,33+,35-,40+/m1/s1. The quantitative estimate of drug-likeness (QED) is 0.172. The number of aromatic carboxylic acids is 1. The van der Waals surface area contributed by atoms with Crippen LogP contribution in [0.2, 0.25) is 10.0 Å². The van der Waals surface area contributed by atoms with E-state index in [0.717, 1.165) is 24.1 Å². The van der Waals surface area contributed by atoms with Crippen LogP contribution in [-0.2, 0) is 15.0 Å². The summed E-state index contributed by atoms with van der Waals surface area (Å²) in [5, 5.41) is 26.4. The number of anilines is 2. The summed E-state index contributed by atoms with van der Waals surface area (Å²) in [4.78, 5) is 40.4. The summed E-state index contributed by atoms with van der Waals surface area (Å²) < 4.78 is 22.0. The number of amides is 1. The summed E-state index contributed by atoms with van der Waals surface area (Å²) in [6.07, 6.45) is 3.38. The van der Waals surface area contributed by atoms with Crippen molar-refractivity contribution >= 4 is 52.4 Å². The fourth-order valence-electron chi connectivity index (χ4n) is 9.03. The van der Waals surface area contributed by atoms with Gasteiger partial charge >= 0.3 is 11.9 Å². The van der Waals surface area contributed by atoms with Crippen molar-refractivity contribution in [3.8, 4) is 5.75 Å². The van der Waals surface area contributed by atoms with Crippen molar-refractivity contribution in [1.29, 1.82) is 0 Å². The lowest BCUT2D eigenvalue weighted by Gasteiger charge is -2.42. The van der Waals surface area contributed by atoms with Gasteiger partial charge in [-0.1, -0.05) is 62.2 Å². The maximum atomic E-state index is 16.5. The number of benzene rings is 3. The first kappa shape index (κ1) is 37.9. The molecule has 1 saturated heterocycles. The Bertz CT molecular complexity index is 1880. The lowest BCUT2D eigenvalue weighted by Crippen LogP contribution is -2.50. The topological polar surface area (TPSA) is 128 Å². The highest BCUT2D eigenvalue weighted by Gasteiger charge is 2.63. The van der Waals surface area contributed by atoms with Gasteiger partial charge in [0, 0.05) is 40.7 Å². The first-order valence-corrected chi connectivity index (χ1v) is 18.5. The highest BCUT2D eigenvalue weighted by molar-refractivity contribution is 6.31. The number of carbonyl (C=O) groups is 3. The monoisotopic (exact) mass is 753 g/mol. The molecule has 1 saturated carbocycles. The Hall–Kier alpha value is -3.86. The zero-order chi connectivity index (χ0) is 37.7. The highest BCUT2D eigenvalue weighted by Crippen LogP contribution is 2.59. The first-order valence-electron chi connectivity index (χ1n) is 17.8. The number of fused-ring (bicyclic) bond motifs is 2. The highest BCUT2D eigenvalue weighted by atomic mass is 35.5. The van der Waals surface area contributed by atoms with Gasteiger partial charge in [-0.05, 0) is 97.9 Å². The number of nitrogens with one attached hydrogen (secondary N) is 2. The molecule has 2 fully saturated rings. The molecule has 1 unspecified atom stereocenters. The Balaban J connectivity index is 1.50. The third kappa shape index (κ3) is 6.97. The number of carboxylic acids is 2. The van der Waals surface area contributed by atoms with Crippen molar-refractivity contribution < 1.29 is 33.7 Å². The summed E-state index contributed by atoms with van der Waals surface area (Å²) in [7, 11) is 1.40. The minimum Gasteiger partial charge on any atom is -0.495 e. The Morgan fingerprint density at radius 3 is 2.40 bits per heavy atom. The van der Waals surface area contributed by atoms with E-state index < -0.39 is 41.0 Å². The predicted octanol–water partition coefficient (Wildman–Crippen LogP) is 8.38. The number of hydrogen-bond donors (Lipinski definition) is 4. The second-order valence-corrected chi connectivity index (χ2v) is 16.7. The van der Waals surface area contributed by atoms with Crippen LogP contribution >= 0.6 is 23.2 Å². The van der Waals surface area contributed by atoms with Gasteiger partial charge in [-0.3, -0.25) is 9.59 Å². The molecule has 2 heterocycles. The van der Waals surface area contributed by atoms with Crippen molar-refractivity contribution in [1.82, 2.24) is 5.32 Å². The zero-order valence-corrected chi connectivity index (χ0v) is 31.5. The van der Waals surface area contributed by atoms with Crippen molar-refractivity contribution in [3.05, 3.63) is 87.2 Å². The molecular weight excluding hydrogens is 708 g/mol. The second-order valence-electron chi connectivity index (χ2n) is 15.8. The van der Waals surface area contributed by atoms with Gasteiger partial charge in [-0.25, -0.2) is 9.18 Å². The number of methoxy groups -OCH3 is 1. The molecule has 52 heavy (non-hydrogen) atoms. The van der Waals surface area contributed by atoms with Crippen molar-refractivity contribution in [2.24, 2.45) is 17.3 Å². The Labute approximate surface area is 313 Å². The maximum absolute atomic E-state index is 16.5. The lowest BCUT2D eigenvalue weighted by molar-refractivity contribution is -0.143. The number of nitrogens with zero attached hydrogens (tertiary/aromatic N) is 1. The SMILES string of the molecule is COc1cc(C(=O)O)ccc1NC(=O)[C@@H]1NC(CC(C)(C)C)[C@@]2(CN([C@H](C)C3CCC(C(=O)O)CC3)c3cc(Cl)ccc32)[C@H]1c1cccc(Cl)c1F. The zero-order valence-electron chi connectivity index (χ0n) is 30.0. The summed E-state index contributed by atoms with van der Waals surface area (Å²) in [6, 6.07) is 13.7. The number of ether oxygens (including phenoxy) is 1. The van der Waals surface area contributed by atoms with Crippen LogP contribution < -0.4 is 20.3 Å². The van der Waals surface area contributed by atoms with E-state index in [1.54, 1.807) is 12.1 Å². The maximum Gasteiger partial charge on any atom is 0.335 e. The van der Waals surface area contributed by atoms with Crippen LogP contribution in [0.3, 0.4) is 0 Å². The van der Waals surface area contributed by atoms with E-state index in [2.05, 4.69) is 43.2 Å². The van der Waals surface area contributed by atoms with Crippen molar-refractivity contribution in [3.63, 3.8) is 0 Å². The van der Waals surface area contributed by atoms with Crippen LogP contribution in [0.4, 0.5) is 15.8 Å². The molecule has 1 spiro atoms. The van der Waals surface area contributed by atoms with E-state index in [-0.39, 0.29) is 51.4 Å². The molecule has 3 aliphatic rings. The van der Waals surface area contributed by atoms with Gasteiger partial charge in [0.1, 0.15) is 11.6 Å². The van der Waals surface area contributed by atoms with Crippen molar-refractivity contribution in [2.75, 3.05) is 23.9 Å². The van der Waals surface area contributed by atoms with Crippen LogP contribution in [0.25, 0.3) is 0 Å². The molecule has 2 aliphatic heterocycles. The van der Waals surface area contributed by atoms with Crippen LogP contribution in [-0.4, -0.2) is 59.8 Å². The van der Waals surface area contributed by atoms with Gasteiger partial charge in [0.25, 0.3) is 0 Å². The normalized spacial score (nSPS) is 26.2. The van der Waals surface area contributed by atoms with Gasteiger partial charge in [-0.15, -0.1) is 0 Å². The molecule has 4 N–H and O–H groups in total. The van der Waals surface area contributed by atoms with Gasteiger partial charge in [0.15, 0.2) is 0 Å². The van der Waals surface area contributed by atoms with Crippen LogP contribution in [0.5, 0.6) is 5.75 Å². The molecule has 0 bridgehead atoms. The Kier molecular flexibility index (Phi) is 10.6. The third-order valence-electron chi connectivity index (χ3n) is 11.5. The number of carboxylic acid groups (broad SMARTS) is 2. The first-order chi connectivity index (χ1) is 24.5. The van der Waals surface area contributed by atoms with Gasteiger partial charge < -0.3 is 30.5 Å². The number of hydrogen-bond acceptors (Lipinski definition) is 6. The number of carbonyl (C=O) groups excluding carboxylic acids is 1. The summed E-state index contributed by atoms with van der Waals surface area (Å²) in [5.41, 5.74) is 1.41. The molecule has 6 rings (SSSR count).